The predicted octanol–water partition coefficient (Wildman–Crippen LogP) is 4.22. The van der Waals surface area contributed by atoms with Crippen molar-refractivity contribution in [3.05, 3.63) is 35.6 Å². The summed E-state index contributed by atoms with van der Waals surface area (Å²) in [6, 6.07) is 0. The summed E-state index contributed by atoms with van der Waals surface area (Å²) in [6.45, 7) is 4.24. The Labute approximate surface area is 197 Å². The molecule has 0 spiro atoms. The number of ether oxygens (including phenoxy) is 4. The summed E-state index contributed by atoms with van der Waals surface area (Å²) in [5.74, 6) is -0.169. The number of rotatable bonds is 6. The number of carbonyl (C=O) groups is 1. The fraction of sp³-hybridized carbons (Fsp3) is 0.500. The van der Waals surface area contributed by atoms with E-state index in [1.165, 1.54) is 0 Å². The Morgan fingerprint density at radius 3 is 2.46 bits per heavy atom. The van der Waals surface area contributed by atoms with Crippen LogP contribution in [0.25, 0.3) is 0 Å². The third-order valence-corrected chi connectivity index (χ3v) is 4.88. The normalized spacial score (nSPS) is 21.2. The highest BCUT2D eigenvalue weighted by atomic mass is 19.4. The summed E-state index contributed by atoms with van der Waals surface area (Å²) in [5, 5.41) is 0. The molecule has 1 saturated heterocycles. The van der Waals surface area contributed by atoms with Crippen LogP contribution in [0.3, 0.4) is 0 Å². The first-order chi connectivity index (χ1) is 16.5. The summed E-state index contributed by atoms with van der Waals surface area (Å²) in [5.41, 5.74) is -0.105. The maximum Gasteiger partial charge on any atom is 0.523 e. The molecule has 0 N–H and O–H groups in total. The molecule has 1 aromatic heterocycles. The van der Waals surface area contributed by atoms with E-state index in [0.717, 1.165) is 6.33 Å². The number of amides is 1. The summed E-state index contributed by atoms with van der Waals surface area (Å²) in [6.07, 6.45) is -2.51. The predicted molar refractivity (Wildman–Crippen MR) is 111 cm³/mol. The first-order valence-electron chi connectivity index (χ1n) is 10.6. The van der Waals surface area contributed by atoms with E-state index in [4.69, 9.17) is 20.6 Å². The van der Waals surface area contributed by atoms with Crippen LogP contribution in [-0.4, -0.2) is 64.9 Å². The fourth-order valence-corrected chi connectivity index (χ4v) is 3.31. The monoisotopic (exact) mass is 503 g/mol. The Bertz CT molecular complexity index is 1030. The molecule has 35 heavy (non-hydrogen) atoms. The van der Waals surface area contributed by atoms with E-state index in [9.17, 15) is 26.7 Å². The lowest BCUT2D eigenvalue weighted by atomic mass is 10.1. The Morgan fingerprint density at radius 2 is 1.86 bits per heavy atom. The van der Waals surface area contributed by atoms with Crippen LogP contribution >= 0.6 is 0 Å². The molecule has 1 aliphatic heterocycles. The Balaban J connectivity index is 1.68. The zero-order valence-corrected chi connectivity index (χ0v) is 18.7. The molecule has 1 amide bonds. The number of hydrogen-bond donors (Lipinski definition) is 0. The van der Waals surface area contributed by atoms with Crippen LogP contribution in [0.15, 0.2) is 30.1 Å². The van der Waals surface area contributed by atoms with Gasteiger partial charge in [-0.05, 0) is 26.0 Å². The molecule has 3 rings (SSSR count). The van der Waals surface area contributed by atoms with Gasteiger partial charge in [0.1, 0.15) is 24.1 Å². The second kappa shape index (κ2) is 10.9. The first-order valence-corrected chi connectivity index (χ1v) is 10.6. The molecule has 1 fully saturated rings. The number of likely N-dealkylation sites (tertiary alicyclic amines) is 1. The largest absolute Gasteiger partial charge is 0.523 e. The number of piperidine rings is 1. The fourth-order valence-electron chi connectivity index (χ4n) is 3.31. The minimum atomic E-state index is -5.15. The molecular formula is C22H22F5N3O5. The molecule has 190 valence electrons. The number of halogens is 5. The highest BCUT2D eigenvalue weighted by Crippen LogP contribution is 2.33. The van der Waals surface area contributed by atoms with Crippen LogP contribution < -0.4 is 9.47 Å². The standard InChI is InChI=1S/C22H22F5N3O5/c1-4-14-19(33-13-5-7-30(8-6-13)21(31)32-12(2)3)28-11-29-20(14)34-17-9-16(24)18(10-15(17)23)35-22(25,26)27/h1,9-13,16,18H,5-8H2,2-3H3. The summed E-state index contributed by atoms with van der Waals surface area (Å²) in [7, 11) is 0. The topological polar surface area (TPSA) is 83.0 Å². The van der Waals surface area contributed by atoms with Crippen molar-refractivity contribution in [2.24, 2.45) is 0 Å². The molecule has 2 aliphatic rings. The van der Waals surface area contributed by atoms with E-state index >= 15 is 0 Å². The van der Waals surface area contributed by atoms with Crippen LogP contribution in [0, 0.1) is 12.3 Å². The van der Waals surface area contributed by atoms with E-state index in [-0.39, 0.29) is 29.5 Å². The number of aromatic nitrogens is 2. The van der Waals surface area contributed by atoms with Crippen LogP contribution in [0.5, 0.6) is 11.8 Å². The molecule has 2 atom stereocenters. The molecule has 1 aliphatic carbocycles. The van der Waals surface area contributed by atoms with Gasteiger partial charge >= 0.3 is 12.5 Å². The van der Waals surface area contributed by atoms with Crippen LogP contribution in [0.2, 0.25) is 0 Å². The van der Waals surface area contributed by atoms with Crippen LogP contribution in [0.1, 0.15) is 32.3 Å². The quantitative estimate of drug-likeness (QED) is 0.425. The lowest BCUT2D eigenvalue weighted by Crippen LogP contribution is -2.42. The average Bonchev–Trinajstić information content (AvgIpc) is 2.76. The van der Waals surface area contributed by atoms with E-state index in [2.05, 4.69) is 20.6 Å². The van der Waals surface area contributed by atoms with Crippen molar-refractivity contribution >= 4 is 6.09 Å². The number of terminal acetylenes is 1. The highest BCUT2D eigenvalue weighted by molar-refractivity contribution is 5.67. The van der Waals surface area contributed by atoms with E-state index < -0.39 is 36.3 Å². The van der Waals surface area contributed by atoms with Gasteiger partial charge in [0.25, 0.3) is 0 Å². The van der Waals surface area contributed by atoms with Gasteiger partial charge in [0.2, 0.25) is 11.8 Å². The molecule has 2 heterocycles. The highest BCUT2D eigenvalue weighted by Gasteiger charge is 2.38. The number of alkyl halides is 4. The van der Waals surface area contributed by atoms with Gasteiger partial charge in [-0.1, -0.05) is 5.92 Å². The number of hydrogen-bond acceptors (Lipinski definition) is 7. The molecule has 2 unspecified atom stereocenters. The maximum atomic E-state index is 14.3. The second-order valence-electron chi connectivity index (χ2n) is 7.86. The van der Waals surface area contributed by atoms with Crippen molar-refractivity contribution in [3.63, 3.8) is 0 Å². The summed E-state index contributed by atoms with van der Waals surface area (Å²) in [4.78, 5) is 21.3. The Kier molecular flexibility index (Phi) is 8.16. The average molecular weight is 503 g/mol. The van der Waals surface area contributed by atoms with Crippen LogP contribution in [0.4, 0.5) is 26.7 Å². The van der Waals surface area contributed by atoms with Gasteiger partial charge in [-0.2, -0.15) is 0 Å². The third kappa shape index (κ3) is 7.05. The van der Waals surface area contributed by atoms with Crippen LogP contribution in [-0.2, 0) is 9.47 Å². The van der Waals surface area contributed by atoms with Gasteiger partial charge in [0.05, 0.1) is 6.10 Å². The lowest BCUT2D eigenvalue weighted by molar-refractivity contribution is -0.340. The van der Waals surface area contributed by atoms with Crippen molar-refractivity contribution in [1.29, 1.82) is 0 Å². The minimum Gasteiger partial charge on any atom is -0.473 e. The molecule has 0 bridgehead atoms. The van der Waals surface area contributed by atoms with Gasteiger partial charge in [0, 0.05) is 25.9 Å². The van der Waals surface area contributed by atoms with Crippen molar-refractivity contribution in [1.82, 2.24) is 14.9 Å². The van der Waals surface area contributed by atoms with E-state index in [1.807, 2.05) is 0 Å². The SMILES string of the molecule is C#Cc1c(OC2=CC(F)C(OC(F)(F)F)C=C2F)ncnc1OC1CCN(C(=O)OC(C)C)CC1. The van der Waals surface area contributed by atoms with Gasteiger partial charge in [-0.25, -0.2) is 23.5 Å². The molecule has 0 radical (unpaired) electrons. The summed E-state index contributed by atoms with van der Waals surface area (Å²) >= 11 is 0. The van der Waals surface area contributed by atoms with E-state index in [1.54, 1.807) is 18.7 Å². The molecule has 13 heteroatoms. The van der Waals surface area contributed by atoms with E-state index in [0.29, 0.717) is 38.1 Å². The first kappa shape index (κ1) is 26.2. The Hall–Kier alpha value is -3.40. The number of carbonyl (C=O) groups excluding carboxylic acids is 1. The van der Waals surface area contributed by atoms with Crippen molar-refractivity contribution in [3.8, 4) is 24.1 Å². The minimum absolute atomic E-state index is 0.0587. The van der Waals surface area contributed by atoms with Crippen molar-refractivity contribution < 1.29 is 45.7 Å². The third-order valence-electron chi connectivity index (χ3n) is 4.88. The van der Waals surface area contributed by atoms with Crippen molar-refractivity contribution in [2.75, 3.05) is 13.1 Å². The molecule has 0 saturated carbocycles. The van der Waals surface area contributed by atoms with Gasteiger partial charge in [-0.15, -0.1) is 19.6 Å². The van der Waals surface area contributed by atoms with Gasteiger partial charge in [-0.3, -0.25) is 4.74 Å². The maximum absolute atomic E-state index is 14.3. The molecule has 0 aromatic carbocycles. The van der Waals surface area contributed by atoms with Gasteiger partial charge < -0.3 is 19.1 Å². The number of nitrogens with zero attached hydrogens (tertiary/aromatic N) is 3. The smallest absolute Gasteiger partial charge is 0.473 e. The Morgan fingerprint density at radius 1 is 1.20 bits per heavy atom. The lowest BCUT2D eigenvalue weighted by Gasteiger charge is -2.31. The molecule has 1 aromatic rings. The van der Waals surface area contributed by atoms with Crippen molar-refractivity contribution in [2.45, 2.75) is 57.5 Å². The van der Waals surface area contributed by atoms with Gasteiger partial charge in [0.15, 0.2) is 17.8 Å². The second-order valence-corrected chi connectivity index (χ2v) is 7.86. The number of allylic oxidation sites excluding steroid dienone is 1. The zero-order valence-electron chi connectivity index (χ0n) is 18.7. The summed E-state index contributed by atoms with van der Waals surface area (Å²) < 4.78 is 85.3. The molecule has 8 nitrogen and oxygen atoms in total. The zero-order chi connectivity index (χ0) is 25.8. The molecular weight excluding hydrogens is 481 g/mol.